The van der Waals surface area contributed by atoms with Gasteiger partial charge in [-0.15, -0.1) is 11.8 Å². The summed E-state index contributed by atoms with van der Waals surface area (Å²) in [6, 6.07) is 20.1. The van der Waals surface area contributed by atoms with Crippen molar-refractivity contribution in [2.24, 2.45) is 0 Å². The molecule has 6 nitrogen and oxygen atoms in total. The predicted octanol–water partition coefficient (Wildman–Crippen LogP) is 3.91. The van der Waals surface area contributed by atoms with Crippen molar-refractivity contribution in [2.45, 2.75) is 49.7 Å². The molecule has 4 rings (SSSR count). The highest BCUT2D eigenvalue weighted by Gasteiger charge is 2.37. The SMILES string of the molecule is CCc1cn([C@@H]2C[C@H](OCc3ccccc3)[C@H](COCc3ccccc3)S2)c(=O)[nH]c1=O. The van der Waals surface area contributed by atoms with Crippen LogP contribution in [0.2, 0.25) is 0 Å². The second-order valence-electron chi connectivity index (χ2n) is 7.88. The Balaban J connectivity index is 1.47. The quantitative estimate of drug-likeness (QED) is 0.533. The van der Waals surface area contributed by atoms with E-state index in [0.29, 0.717) is 38.2 Å². The number of hydrogen-bond donors (Lipinski definition) is 1. The van der Waals surface area contributed by atoms with E-state index in [2.05, 4.69) is 4.98 Å². The first kappa shape index (κ1) is 22.6. The van der Waals surface area contributed by atoms with E-state index in [0.717, 1.165) is 11.1 Å². The van der Waals surface area contributed by atoms with Gasteiger partial charge in [-0.3, -0.25) is 14.3 Å². The van der Waals surface area contributed by atoms with Crippen molar-refractivity contribution in [3.05, 3.63) is 104 Å². The first-order valence-electron chi connectivity index (χ1n) is 10.9. The molecule has 0 saturated carbocycles. The molecular weight excluding hydrogens is 424 g/mol. The molecule has 3 aromatic rings. The number of rotatable bonds is 9. The van der Waals surface area contributed by atoms with Crippen molar-refractivity contribution in [3.63, 3.8) is 0 Å². The molecule has 1 aromatic heterocycles. The van der Waals surface area contributed by atoms with Gasteiger partial charge in [0.15, 0.2) is 0 Å². The van der Waals surface area contributed by atoms with Crippen molar-refractivity contribution in [1.82, 2.24) is 9.55 Å². The minimum absolute atomic E-state index is 0.0649. The molecule has 1 fully saturated rings. The van der Waals surface area contributed by atoms with Crippen LogP contribution in [-0.2, 0) is 29.1 Å². The van der Waals surface area contributed by atoms with Gasteiger partial charge in [-0.1, -0.05) is 67.6 Å². The van der Waals surface area contributed by atoms with E-state index in [4.69, 9.17) is 9.47 Å². The summed E-state index contributed by atoms with van der Waals surface area (Å²) in [4.78, 5) is 26.9. The van der Waals surface area contributed by atoms with Gasteiger partial charge < -0.3 is 9.47 Å². The molecule has 2 heterocycles. The minimum atomic E-state index is -0.377. The smallest absolute Gasteiger partial charge is 0.329 e. The molecule has 0 amide bonds. The largest absolute Gasteiger partial charge is 0.376 e. The van der Waals surface area contributed by atoms with Gasteiger partial charge in [0.25, 0.3) is 5.56 Å². The Morgan fingerprint density at radius 1 is 1.00 bits per heavy atom. The van der Waals surface area contributed by atoms with Gasteiger partial charge in [-0.05, 0) is 17.5 Å². The van der Waals surface area contributed by atoms with Crippen LogP contribution in [0.15, 0.2) is 76.4 Å². The van der Waals surface area contributed by atoms with Crippen LogP contribution in [0.3, 0.4) is 0 Å². The summed E-state index contributed by atoms with van der Waals surface area (Å²) in [6.45, 7) is 3.47. The van der Waals surface area contributed by atoms with Crippen LogP contribution in [0, 0.1) is 0 Å². The summed E-state index contributed by atoms with van der Waals surface area (Å²) in [5.41, 5.74) is 2.15. The normalized spacial score (nSPS) is 20.5. The topological polar surface area (TPSA) is 73.3 Å². The number of nitrogens with zero attached hydrogens (tertiary/aromatic N) is 1. The zero-order chi connectivity index (χ0) is 22.3. The fourth-order valence-corrected chi connectivity index (χ4v) is 5.37. The standard InChI is InChI=1S/C25H28N2O4S/c1-2-20-14-27(25(29)26-24(20)28)23-13-21(31-16-19-11-7-4-8-12-19)22(32-23)17-30-15-18-9-5-3-6-10-18/h3-12,14,21-23H,2,13,15-17H2,1H3,(H,26,28,29)/t21-,22-,23-/m0/s1. The highest BCUT2D eigenvalue weighted by molar-refractivity contribution is 8.00. The van der Waals surface area contributed by atoms with Gasteiger partial charge in [0.1, 0.15) is 0 Å². The van der Waals surface area contributed by atoms with Gasteiger partial charge in [0.05, 0.1) is 36.5 Å². The maximum atomic E-state index is 12.5. The second-order valence-corrected chi connectivity index (χ2v) is 9.30. The lowest BCUT2D eigenvalue weighted by atomic mass is 10.1. The molecule has 7 heteroatoms. The summed E-state index contributed by atoms with van der Waals surface area (Å²) in [5, 5.41) is -0.0351. The van der Waals surface area contributed by atoms with Crippen LogP contribution in [-0.4, -0.2) is 27.5 Å². The molecule has 0 aliphatic carbocycles. The van der Waals surface area contributed by atoms with E-state index < -0.39 is 0 Å². The van der Waals surface area contributed by atoms with E-state index in [1.165, 1.54) is 0 Å². The lowest BCUT2D eigenvalue weighted by Gasteiger charge is -2.19. The molecule has 0 bridgehead atoms. The predicted molar refractivity (Wildman–Crippen MR) is 127 cm³/mol. The molecule has 168 valence electrons. The number of hydrogen-bond acceptors (Lipinski definition) is 5. The van der Waals surface area contributed by atoms with Crippen molar-refractivity contribution >= 4 is 11.8 Å². The Bertz CT molecular complexity index is 1110. The van der Waals surface area contributed by atoms with Crippen molar-refractivity contribution in [2.75, 3.05) is 6.61 Å². The lowest BCUT2D eigenvalue weighted by Crippen LogP contribution is -2.33. The first-order valence-corrected chi connectivity index (χ1v) is 11.9. The van der Waals surface area contributed by atoms with E-state index in [9.17, 15) is 9.59 Å². The number of aromatic nitrogens is 2. The van der Waals surface area contributed by atoms with E-state index in [-0.39, 0.29) is 28.0 Å². The lowest BCUT2D eigenvalue weighted by molar-refractivity contribution is 0.0134. The number of aryl methyl sites for hydroxylation is 1. The molecule has 1 N–H and O–H groups in total. The van der Waals surface area contributed by atoms with Gasteiger partial charge in [0.2, 0.25) is 0 Å². The van der Waals surface area contributed by atoms with Gasteiger partial charge >= 0.3 is 5.69 Å². The zero-order valence-electron chi connectivity index (χ0n) is 18.1. The fourth-order valence-electron chi connectivity index (χ4n) is 3.83. The molecule has 2 aromatic carbocycles. The van der Waals surface area contributed by atoms with Crippen molar-refractivity contribution < 1.29 is 9.47 Å². The average Bonchev–Trinajstić information content (AvgIpc) is 3.22. The molecule has 1 aliphatic heterocycles. The van der Waals surface area contributed by atoms with Gasteiger partial charge in [-0.25, -0.2) is 4.79 Å². The monoisotopic (exact) mass is 452 g/mol. The third kappa shape index (κ3) is 5.59. The zero-order valence-corrected chi connectivity index (χ0v) is 18.9. The van der Waals surface area contributed by atoms with Crippen molar-refractivity contribution in [1.29, 1.82) is 0 Å². The van der Waals surface area contributed by atoms with E-state index >= 15 is 0 Å². The second kappa shape index (κ2) is 10.8. The molecule has 0 radical (unpaired) electrons. The molecule has 32 heavy (non-hydrogen) atoms. The van der Waals surface area contributed by atoms with Crippen molar-refractivity contribution in [3.8, 4) is 0 Å². The maximum Gasteiger partial charge on any atom is 0.329 e. The number of aromatic amines is 1. The van der Waals surface area contributed by atoms with Crippen LogP contribution in [0.1, 0.15) is 35.4 Å². The van der Waals surface area contributed by atoms with Gasteiger partial charge in [0, 0.05) is 18.2 Å². The fraction of sp³-hybridized carbons (Fsp3) is 0.360. The van der Waals surface area contributed by atoms with Crippen LogP contribution in [0.4, 0.5) is 0 Å². The molecule has 1 saturated heterocycles. The van der Waals surface area contributed by atoms with E-state index in [1.807, 2.05) is 67.6 Å². The molecule has 0 unspecified atom stereocenters. The Labute approximate surface area is 191 Å². The van der Waals surface area contributed by atoms with E-state index in [1.54, 1.807) is 22.5 Å². The number of H-pyrrole nitrogens is 1. The summed E-state index contributed by atoms with van der Waals surface area (Å²) in [7, 11) is 0. The molecule has 3 atom stereocenters. The number of thioether (sulfide) groups is 1. The molecular formula is C25H28N2O4S. The summed E-state index contributed by atoms with van der Waals surface area (Å²) >= 11 is 1.67. The minimum Gasteiger partial charge on any atom is -0.376 e. The Hall–Kier alpha value is -2.61. The van der Waals surface area contributed by atoms with Gasteiger partial charge in [-0.2, -0.15) is 0 Å². The number of ether oxygens (including phenoxy) is 2. The average molecular weight is 453 g/mol. The summed E-state index contributed by atoms with van der Waals surface area (Å²) in [6.07, 6.45) is 2.88. The number of benzene rings is 2. The van der Waals surface area contributed by atoms with Crippen LogP contribution in [0.5, 0.6) is 0 Å². The first-order chi connectivity index (χ1) is 15.6. The molecule has 0 spiro atoms. The third-order valence-corrected chi connectivity index (χ3v) is 7.14. The summed E-state index contributed by atoms with van der Waals surface area (Å²) < 4.78 is 13.9. The third-order valence-electron chi connectivity index (χ3n) is 5.61. The van der Waals surface area contributed by atoms with Crippen LogP contribution < -0.4 is 11.2 Å². The Kier molecular flexibility index (Phi) is 7.63. The Morgan fingerprint density at radius 2 is 1.66 bits per heavy atom. The Morgan fingerprint density at radius 3 is 2.31 bits per heavy atom. The highest BCUT2D eigenvalue weighted by Crippen LogP contribution is 2.42. The maximum absolute atomic E-state index is 12.5. The number of nitrogens with one attached hydrogen (secondary N) is 1. The molecule has 1 aliphatic rings. The van der Waals surface area contributed by atoms with Crippen LogP contribution in [0.25, 0.3) is 0 Å². The summed E-state index contributed by atoms with van der Waals surface area (Å²) in [5.74, 6) is 0. The highest BCUT2D eigenvalue weighted by atomic mass is 32.2. The van der Waals surface area contributed by atoms with Crippen LogP contribution >= 0.6 is 11.8 Å².